The summed E-state index contributed by atoms with van der Waals surface area (Å²) in [7, 11) is 1.33. The van der Waals surface area contributed by atoms with Crippen molar-refractivity contribution in [1.82, 2.24) is 10.6 Å². The summed E-state index contributed by atoms with van der Waals surface area (Å²) >= 11 is 0. The van der Waals surface area contributed by atoms with Crippen LogP contribution in [0.4, 0.5) is 13.2 Å². The normalized spacial score (nSPS) is 12.0. The summed E-state index contributed by atoms with van der Waals surface area (Å²) < 4.78 is 45.3. The van der Waals surface area contributed by atoms with Gasteiger partial charge in [-0.25, -0.2) is 4.99 Å². The number of ether oxygens (including phenoxy) is 2. The number of carbonyl (C=O) groups is 1. The van der Waals surface area contributed by atoms with Crippen LogP contribution in [0, 0.1) is 0 Å². The molecule has 0 aliphatic rings. The quantitative estimate of drug-likeness (QED) is 0.394. The van der Waals surface area contributed by atoms with E-state index >= 15 is 0 Å². The number of carbonyl (C=O) groups excluding carboxylic acids is 1. The van der Waals surface area contributed by atoms with E-state index in [0.29, 0.717) is 31.2 Å². The first kappa shape index (κ1) is 21.8. The Morgan fingerprint density at radius 2 is 1.81 bits per heavy atom. The summed E-state index contributed by atoms with van der Waals surface area (Å²) in [6, 6.07) is 6.99. The number of hydrogen-bond acceptors (Lipinski definition) is 4. The minimum atomic E-state index is -4.32. The van der Waals surface area contributed by atoms with E-state index in [2.05, 4.69) is 25.1 Å². The van der Waals surface area contributed by atoms with Crippen LogP contribution in [0.5, 0.6) is 0 Å². The fraction of sp³-hybridized carbons (Fsp3) is 0.529. The Kier molecular flexibility index (Phi) is 9.50. The van der Waals surface area contributed by atoms with Crippen LogP contribution >= 0.6 is 0 Å². The van der Waals surface area contributed by atoms with E-state index < -0.39 is 12.8 Å². The molecule has 1 aromatic rings. The van der Waals surface area contributed by atoms with Gasteiger partial charge in [0.05, 0.1) is 26.7 Å². The lowest BCUT2D eigenvalue weighted by Gasteiger charge is -2.11. The van der Waals surface area contributed by atoms with Gasteiger partial charge in [0.1, 0.15) is 6.61 Å². The molecule has 2 N–H and O–H groups in total. The Balaban J connectivity index is 2.48. The molecule has 0 radical (unpaired) electrons. The molecule has 9 heteroatoms. The van der Waals surface area contributed by atoms with Gasteiger partial charge in [-0.3, -0.25) is 4.79 Å². The van der Waals surface area contributed by atoms with Gasteiger partial charge in [-0.05, 0) is 18.1 Å². The van der Waals surface area contributed by atoms with Gasteiger partial charge in [0.15, 0.2) is 5.96 Å². The summed E-state index contributed by atoms with van der Waals surface area (Å²) in [4.78, 5) is 15.5. The van der Waals surface area contributed by atoms with E-state index in [-0.39, 0.29) is 19.0 Å². The fourth-order valence-electron chi connectivity index (χ4n) is 1.92. The van der Waals surface area contributed by atoms with Crippen molar-refractivity contribution in [3.63, 3.8) is 0 Å². The summed E-state index contributed by atoms with van der Waals surface area (Å²) in [5, 5.41) is 6.08. The molecule has 0 saturated heterocycles. The standard InChI is InChI=1S/C17H24F3N3O3/c1-3-21-16(22-9-8-15(24)25-2)23-10-13-4-6-14(7-5-13)11-26-12-17(18,19)20/h4-7H,3,8-12H2,1-2H3,(H2,21,22,23). The van der Waals surface area contributed by atoms with Crippen molar-refractivity contribution < 1.29 is 27.4 Å². The maximum absolute atomic E-state index is 12.0. The average Bonchev–Trinajstić information content (AvgIpc) is 2.59. The number of aliphatic imine (C=N–C) groups is 1. The third-order valence-corrected chi connectivity index (χ3v) is 3.17. The second kappa shape index (κ2) is 11.3. The molecule has 0 aliphatic carbocycles. The molecular formula is C17H24F3N3O3. The van der Waals surface area contributed by atoms with E-state index in [9.17, 15) is 18.0 Å². The number of esters is 1. The lowest BCUT2D eigenvalue weighted by Crippen LogP contribution is -2.38. The molecule has 0 spiro atoms. The maximum atomic E-state index is 12.0. The second-order valence-electron chi connectivity index (χ2n) is 5.37. The summed E-state index contributed by atoms with van der Waals surface area (Å²) in [6.45, 7) is 2.02. The van der Waals surface area contributed by atoms with Crippen molar-refractivity contribution in [3.8, 4) is 0 Å². The predicted molar refractivity (Wildman–Crippen MR) is 91.6 cm³/mol. The lowest BCUT2D eigenvalue weighted by atomic mass is 10.1. The second-order valence-corrected chi connectivity index (χ2v) is 5.37. The molecule has 0 amide bonds. The number of rotatable bonds is 9. The molecule has 26 heavy (non-hydrogen) atoms. The average molecular weight is 375 g/mol. The zero-order valence-electron chi connectivity index (χ0n) is 14.9. The van der Waals surface area contributed by atoms with E-state index in [1.807, 2.05) is 6.92 Å². The van der Waals surface area contributed by atoms with Gasteiger partial charge < -0.3 is 20.1 Å². The highest BCUT2D eigenvalue weighted by Gasteiger charge is 2.27. The molecule has 0 unspecified atom stereocenters. The van der Waals surface area contributed by atoms with Crippen LogP contribution in [0.25, 0.3) is 0 Å². The molecule has 0 fully saturated rings. The SMILES string of the molecule is CCNC(=NCc1ccc(COCC(F)(F)F)cc1)NCCC(=O)OC. The van der Waals surface area contributed by atoms with Crippen molar-refractivity contribution in [2.24, 2.45) is 4.99 Å². The molecule has 0 saturated carbocycles. The molecule has 0 heterocycles. The number of nitrogens with one attached hydrogen (secondary N) is 2. The predicted octanol–water partition coefficient (Wildman–Crippen LogP) is 2.38. The number of alkyl halides is 3. The minimum Gasteiger partial charge on any atom is -0.469 e. The molecule has 0 aromatic heterocycles. The fourth-order valence-corrected chi connectivity index (χ4v) is 1.92. The Bertz CT molecular complexity index is 575. The monoisotopic (exact) mass is 375 g/mol. The third kappa shape index (κ3) is 9.87. The van der Waals surface area contributed by atoms with E-state index in [1.54, 1.807) is 24.3 Å². The van der Waals surface area contributed by atoms with Crippen molar-refractivity contribution in [1.29, 1.82) is 0 Å². The van der Waals surface area contributed by atoms with Gasteiger partial charge in [0, 0.05) is 13.1 Å². The molecule has 1 aromatic carbocycles. The summed E-state index contributed by atoms with van der Waals surface area (Å²) in [5.41, 5.74) is 1.56. The van der Waals surface area contributed by atoms with Gasteiger partial charge in [-0.1, -0.05) is 24.3 Å². The van der Waals surface area contributed by atoms with Gasteiger partial charge in [0.2, 0.25) is 0 Å². The molecule has 0 aliphatic heterocycles. The number of halogens is 3. The first-order valence-corrected chi connectivity index (χ1v) is 8.15. The number of hydrogen-bond donors (Lipinski definition) is 2. The highest BCUT2D eigenvalue weighted by molar-refractivity contribution is 5.80. The van der Waals surface area contributed by atoms with Crippen LogP contribution in [0.15, 0.2) is 29.3 Å². The summed E-state index contributed by atoms with van der Waals surface area (Å²) in [5.74, 6) is 0.255. The van der Waals surface area contributed by atoms with Gasteiger partial charge >= 0.3 is 12.1 Å². The first-order valence-electron chi connectivity index (χ1n) is 8.15. The topological polar surface area (TPSA) is 72.0 Å². The van der Waals surface area contributed by atoms with Crippen molar-refractivity contribution in [2.45, 2.75) is 32.7 Å². The Morgan fingerprint density at radius 3 is 2.38 bits per heavy atom. The zero-order valence-corrected chi connectivity index (χ0v) is 14.9. The van der Waals surface area contributed by atoms with E-state index in [0.717, 1.165) is 5.56 Å². The Labute approximate surface area is 150 Å². The molecule has 0 bridgehead atoms. The van der Waals surface area contributed by atoms with Gasteiger partial charge in [-0.2, -0.15) is 13.2 Å². The zero-order chi connectivity index (χ0) is 19.4. The molecule has 6 nitrogen and oxygen atoms in total. The summed E-state index contributed by atoms with van der Waals surface area (Å²) in [6.07, 6.45) is -4.09. The number of nitrogens with zero attached hydrogens (tertiary/aromatic N) is 1. The molecule has 0 atom stereocenters. The van der Waals surface area contributed by atoms with Crippen molar-refractivity contribution in [3.05, 3.63) is 35.4 Å². The maximum Gasteiger partial charge on any atom is 0.411 e. The Morgan fingerprint density at radius 1 is 1.15 bits per heavy atom. The highest BCUT2D eigenvalue weighted by atomic mass is 19.4. The van der Waals surface area contributed by atoms with E-state index in [1.165, 1.54) is 7.11 Å². The van der Waals surface area contributed by atoms with E-state index in [4.69, 9.17) is 0 Å². The van der Waals surface area contributed by atoms with Crippen molar-refractivity contribution >= 4 is 11.9 Å². The number of methoxy groups -OCH3 is 1. The first-order chi connectivity index (χ1) is 12.3. The lowest BCUT2D eigenvalue weighted by molar-refractivity contribution is -0.176. The van der Waals surface area contributed by atoms with Crippen LogP contribution in [-0.2, 0) is 27.4 Å². The van der Waals surface area contributed by atoms with Gasteiger partial charge in [-0.15, -0.1) is 0 Å². The number of guanidine groups is 1. The van der Waals surface area contributed by atoms with Crippen LogP contribution < -0.4 is 10.6 Å². The van der Waals surface area contributed by atoms with Crippen LogP contribution in [0.2, 0.25) is 0 Å². The number of benzene rings is 1. The minimum absolute atomic E-state index is 0.0964. The largest absolute Gasteiger partial charge is 0.469 e. The third-order valence-electron chi connectivity index (χ3n) is 3.17. The molecular weight excluding hydrogens is 351 g/mol. The highest BCUT2D eigenvalue weighted by Crippen LogP contribution is 2.16. The van der Waals surface area contributed by atoms with Gasteiger partial charge in [0.25, 0.3) is 0 Å². The smallest absolute Gasteiger partial charge is 0.411 e. The van der Waals surface area contributed by atoms with Crippen LogP contribution in [0.3, 0.4) is 0 Å². The Hall–Kier alpha value is -2.29. The van der Waals surface area contributed by atoms with Crippen LogP contribution in [-0.4, -0.2) is 44.9 Å². The molecule has 1 rings (SSSR count). The molecule has 146 valence electrons. The van der Waals surface area contributed by atoms with Crippen molar-refractivity contribution in [2.75, 3.05) is 26.8 Å². The van der Waals surface area contributed by atoms with Crippen LogP contribution in [0.1, 0.15) is 24.5 Å².